The quantitative estimate of drug-likeness (QED) is 0.558. The Hall–Kier alpha value is -0.570. The lowest BCUT2D eigenvalue weighted by Crippen LogP contribution is -2.29. The molecule has 0 radical (unpaired) electrons. The zero-order valence-corrected chi connectivity index (χ0v) is 6.95. The van der Waals surface area contributed by atoms with E-state index < -0.39 is 0 Å². The Balaban J connectivity index is 2.18. The van der Waals surface area contributed by atoms with Crippen molar-refractivity contribution in [2.45, 2.75) is 12.8 Å². The number of ether oxygens (including phenoxy) is 1. The molecular weight excluding hydrogens is 142 g/mol. The van der Waals surface area contributed by atoms with Gasteiger partial charge in [-0.05, 0) is 18.8 Å². The van der Waals surface area contributed by atoms with Gasteiger partial charge in [-0.25, -0.2) is 0 Å². The van der Waals surface area contributed by atoms with Gasteiger partial charge in [-0.15, -0.1) is 0 Å². The number of carbonyl (C=O) groups is 1. The fourth-order valence-corrected chi connectivity index (χ4v) is 1.40. The Kier molecular flexibility index (Phi) is 3.36. The molecule has 1 amide bonds. The van der Waals surface area contributed by atoms with Gasteiger partial charge in [-0.1, -0.05) is 0 Å². The Morgan fingerprint density at radius 3 is 3.09 bits per heavy atom. The van der Waals surface area contributed by atoms with E-state index in [0.29, 0.717) is 5.92 Å². The minimum absolute atomic E-state index is 0.555. The van der Waals surface area contributed by atoms with Crippen LogP contribution in [-0.2, 0) is 9.53 Å². The highest BCUT2D eigenvalue weighted by Crippen LogP contribution is 2.13. The largest absolute Gasteiger partial charge is 0.381 e. The van der Waals surface area contributed by atoms with Gasteiger partial charge in [0.25, 0.3) is 0 Å². The van der Waals surface area contributed by atoms with Crippen molar-refractivity contribution in [1.82, 2.24) is 4.90 Å². The van der Waals surface area contributed by atoms with Crippen LogP contribution in [0.25, 0.3) is 0 Å². The summed E-state index contributed by atoms with van der Waals surface area (Å²) in [7, 11) is 1.81. The summed E-state index contributed by atoms with van der Waals surface area (Å²) < 4.78 is 5.28. The second-order valence-corrected chi connectivity index (χ2v) is 3.13. The molecule has 1 atom stereocenters. The monoisotopic (exact) mass is 157 g/mol. The van der Waals surface area contributed by atoms with Gasteiger partial charge in [0, 0.05) is 20.2 Å². The standard InChI is InChI=1S/C8H15NO2/c1-9(7-10)5-8-3-2-4-11-6-8/h7-8H,2-6H2,1H3. The second-order valence-electron chi connectivity index (χ2n) is 3.13. The predicted octanol–water partition coefficient (Wildman–Crippen LogP) is 0.501. The third-order valence-corrected chi connectivity index (χ3v) is 1.98. The number of nitrogens with zero attached hydrogens (tertiary/aromatic N) is 1. The molecule has 1 saturated heterocycles. The molecule has 64 valence electrons. The summed E-state index contributed by atoms with van der Waals surface area (Å²) in [6.07, 6.45) is 3.20. The summed E-state index contributed by atoms with van der Waals surface area (Å²) in [6.45, 7) is 2.54. The smallest absolute Gasteiger partial charge is 0.209 e. The number of carbonyl (C=O) groups excluding carboxylic acids is 1. The summed E-state index contributed by atoms with van der Waals surface area (Å²) in [5.41, 5.74) is 0. The first kappa shape index (κ1) is 8.53. The van der Waals surface area contributed by atoms with E-state index in [1.54, 1.807) is 4.90 Å². The SMILES string of the molecule is CN(C=O)CC1CCCOC1. The van der Waals surface area contributed by atoms with Gasteiger partial charge in [0.05, 0.1) is 6.61 Å². The number of rotatable bonds is 3. The summed E-state index contributed by atoms with van der Waals surface area (Å²) in [5, 5.41) is 0. The summed E-state index contributed by atoms with van der Waals surface area (Å²) in [4.78, 5) is 11.9. The molecule has 0 N–H and O–H groups in total. The highest BCUT2D eigenvalue weighted by atomic mass is 16.5. The van der Waals surface area contributed by atoms with Crippen LogP contribution in [0.2, 0.25) is 0 Å². The van der Waals surface area contributed by atoms with E-state index in [2.05, 4.69) is 0 Å². The molecule has 1 unspecified atom stereocenters. The van der Waals surface area contributed by atoms with E-state index in [1.807, 2.05) is 7.05 Å². The molecule has 1 aliphatic rings. The molecule has 3 heteroatoms. The van der Waals surface area contributed by atoms with Crippen molar-refractivity contribution in [2.75, 3.05) is 26.8 Å². The van der Waals surface area contributed by atoms with Crippen molar-refractivity contribution in [2.24, 2.45) is 5.92 Å². The maximum atomic E-state index is 10.3. The van der Waals surface area contributed by atoms with E-state index in [4.69, 9.17) is 4.74 Å². The van der Waals surface area contributed by atoms with E-state index in [1.165, 1.54) is 6.42 Å². The number of amides is 1. The first-order valence-electron chi connectivity index (χ1n) is 4.06. The van der Waals surface area contributed by atoms with Crippen molar-refractivity contribution >= 4 is 6.41 Å². The normalized spacial score (nSPS) is 24.6. The highest BCUT2D eigenvalue weighted by Gasteiger charge is 2.14. The zero-order chi connectivity index (χ0) is 8.10. The molecule has 0 aromatic heterocycles. The van der Waals surface area contributed by atoms with E-state index in [9.17, 15) is 4.79 Å². The van der Waals surface area contributed by atoms with Crippen molar-refractivity contribution < 1.29 is 9.53 Å². The van der Waals surface area contributed by atoms with Crippen LogP contribution in [0.4, 0.5) is 0 Å². The molecule has 0 aromatic rings. The molecule has 1 aliphatic heterocycles. The Morgan fingerprint density at radius 1 is 1.73 bits per heavy atom. The van der Waals surface area contributed by atoms with Gasteiger partial charge in [0.2, 0.25) is 6.41 Å². The van der Waals surface area contributed by atoms with Crippen molar-refractivity contribution in [1.29, 1.82) is 0 Å². The van der Waals surface area contributed by atoms with Gasteiger partial charge >= 0.3 is 0 Å². The molecule has 3 nitrogen and oxygen atoms in total. The second kappa shape index (κ2) is 4.34. The van der Waals surface area contributed by atoms with Crippen LogP contribution in [-0.4, -0.2) is 38.1 Å². The fraction of sp³-hybridized carbons (Fsp3) is 0.875. The number of hydrogen-bond acceptors (Lipinski definition) is 2. The van der Waals surface area contributed by atoms with Crippen LogP contribution >= 0.6 is 0 Å². The average molecular weight is 157 g/mol. The molecule has 1 heterocycles. The van der Waals surface area contributed by atoms with Gasteiger partial charge in [-0.3, -0.25) is 4.79 Å². The van der Waals surface area contributed by atoms with Gasteiger partial charge < -0.3 is 9.64 Å². The first-order valence-corrected chi connectivity index (χ1v) is 4.06. The molecule has 1 rings (SSSR count). The molecule has 0 aromatic carbocycles. The lowest BCUT2D eigenvalue weighted by Gasteiger charge is -2.24. The maximum absolute atomic E-state index is 10.3. The molecule has 1 fully saturated rings. The van der Waals surface area contributed by atoms with Gasteiger partial charge in [0.15, 0.2) is 0 Å². The van der Waals surface area contributed by atoms with Crippen LogP contribution in [0.15, 0.2) is 0 Å². The van der Waals surface area contributed by atoms with Gasteiger partial charge in [-0.2, -0.15) is 0 Å². The molecular formula is C8H15NO2. The Labute approximate surface area is 67.3 Å². The van der Waals surface area contributed by atoms with Crippen LogP contribution < -0.4 is 0 Å². The minimum Gasteiger partial charge on any atom is -0.381 e. The topological polar surface area (TPSA) is 29.5 Å². The Morgan fingerprint density at radius 2 is 2.55 bits per heavy atom. The fourth-order valence-electron chi connectivity index (χ4n) is 1.40. The van der Waals surface area contributed by atoms with Gasteiger partial charge in [0.1, 0.15) is 0 Å². The molecule has 0 spiro atoms. The lowest BCUT2D eigenvalue weighted by atomic mass is 10.0. The van der Waals surface area contributed by atoms with Crippen LogP contribution in [0, 0.1) is 5.92 Å². The summed E-state index contributed by atoms with van der Waals surface area (Å²) >= 11 is 0. The number of hydrogen-bond donors (Lipinski definition) is 0. The van der Waals surface area contributed by atoms with Crippen LogP contribution in [0.5, 0.6) is 0 Å². The van der Waals surface area contributed by atoms with Crippen molar-refractivity contribution in [3.63, 3.8) is 0 Å². The molecule has 0 bridgehead atoms. The van der Waals surface area contributed by atoms with Crippen LogP contribution in [0.3, 0.4) is 0 Å². The van der Waals surface area contributed by atoms with E-state index in [-0.39, 0.29) is 0 Å². The van der Waals surface area contributed by atoms with E-state index >= 15 is 0 Å². The molecule has 0 aliphatic carbocycles. The third-order valence-electron chi connectivity index (χ3n) is 1.98. The van der Waals surface area contributed by atoms with Crippen molar-refractivity contribution in [3.8, 4) is 0 Å². The maximum Gasteiger partial charge on any atom is 0.209 e. The summed E-state index contributed by atoms with van der Waals surface area (Å²) in [6, 6.07) is 0. The highest BCUT2D eigenvalue weighted by molar-refractivity contribution is 5.46. The average Bonchev–Trinajstić information content (AvgIpc) is 2.06. The molecule has 11 heavy (non-hydrogen) atoms. The van der Waals surface area contributed by atoms with E-state index in [0.717, 1.165) is 32.6 Å². The van der Waals surface area contributed by atoms with Crippen molar-refractivity contribution in [3.05, 3.63) is 0 Å². The van der Waals surface area contributed by atoms with Crippen LogP contribution in [0.1, 0.15) is 12.8 Å². The first-order chi connectivity index (χ1) is 5.33. The lowest BCUT2D eigenvalue weighted by molar-refractivity contribution is -0.118. The predicted molar refractivity (Wildman–Crippen MR) is 42.2 cm³/mol. The summed E-state index contributed by atoms with van der Waals surface area (Å²) in [5.74, 6) is 0.555. The third kappa shape index (κ3) is 2.89. The minimum atomic E-state index is 0.555. The molecule has 0 saturated carbocycles. The Bertz CT molecular complexity index is 121. The zero-order valence-electron chi connectivity index (χ0n) is 6.95.